The van der Waals surface area contributed by atoms with Crippen LogP contribution < -0.4 is 5.73 Å². The Hall–Kier alpha value is -0.0551. The summed E-state index contributed by atoms with van der Waals surface area (Å²) >= 11 is 0. The lowest BCUT2D eigenvalue weighted by Gasteiger charge is -2.50. The third-order valence-electron chi connectivity index (χ3n) is 6.14. The van der Waals surface area contributed by atoms with Crippen LogP contribution >= 0.6 is 0 Å². The molecule has 0 fully saturated rings. The molecule has 0 aromatic carbocycles. The van der Waals surface area contributed by atoms with Crippen LogP contribution in [-0.2, 0) is 4.74 Å². The lowest BCUT2D eigenvalue weighted by molar-refractivity contribution is -0.0722. The van der Waals surface area contributed by atoms with Crippen LogP contribution in [0.2, 0.25) is 5.82 Å². The first-order valence-electron chi connectivity index (χ1n) is 11.9. The van der Waals surface area contributed by atoms with Crippen molar-refractivity contribution < 1.29 is 4.74 Å². The Labute approximate surface area is 185 Å². The van der Waals surface area contributed by atoms with Crippen molar-refractivity contribution in [2.45, 2.75) is 143 Å². The summed E-state index contributed by atoms with van der Waals surface area (Å²) in [6, 6.07) is 0. The molecule has 0 aliphatic rings. The average molecular weight is 409 g/mol. The SMILES string of the molecule is [B]C(CC)CCC(C)(C)N(CCOC(C)(C)CC(C)(C)N)C(C)(C)CCC(C)C. The first-order chi connectivity index (χ1) is 12.9. The largest absolute Gasteiger partial charge is 0.374 e. The van der Waals surface area contributed by atoms with E-state index < -0.39 is 0 Å². The summed E-state index contributed by atoms with van der Waals surface area (Å²) in [6.45, 7) is 26.4. The molecule has 29 heavy (non-hydrogen) atoms. The molecule has 3 nitrogen and oxygen atoms in total. The molecule has 2 radical (unpaired) electrons. The van der Waals surface area contributed by atoms with Crippen molar-refractivity contribution in [1.82, 2.24) is 4.90 Å². The first-order valence-corrected chi connectivity index (χ1v) is 11.9. The molecule has 0 aliphatic heterocycles. The molecule has 0 aliphatic carbocycles. The Morgan fingerprint density at radius 1 is 0.897 bits per heavy atom. The molecule has 0 aromatic heterocycles. The third-order valence-corrected chi connectivity index (χ3v) is 6.14. The molecule has 1 unspecified atom stereocenters. The van der Waals surface area contributed by atoms with Crippen LogP contribution in [0, 0.1) is 5.92 Å². The Balaban J connectivity index is 5.27. The summed E-state index contributed by atoms with van der Waals surface area (Å²) in [6.07, 6.45) is 6.47. The van der Waals surface area contributed by atoms with Crippen molar-refractivity contribution in [2.24, 2.45) is 11.7 Å². The highest BCUT2D eigenvalue weighted by Crippen LogP contribution is 2.34. The van der Waals surface area contributed by atoms with Crippen molar-refractivity contribution in [3.8, 4) is 0 Å². The number of ether oxygens (including phenoxy) is 1. The second-order valence-electron chi connectivity index (χ2n) is 12.2. The molecule has 0 heterocycles. The van der Waals surface area contributed by atoms with Gasteiger partial charge in [-0.3, -0.25) is 4.90 Å². The molecule has 0 saturated heterocycles. The van der Waals surface area contributed by atoms with E-state index >= 15 is 0 Å². The molecule has 2 N–H and O–H groups in total. The Kier molecular flexibility index (Phi) is 11.5. The van der Waals surface area contributed by atoms with E-state index in [1.54, 1.807) is 0 Å². The molecule has 0 bridgehead atoms. The zero-order valence-electron chi connectivity index (χ0n) is 21.8. The highest BCUT2D eigenvalue weighted by Gasteiger charge is 2.37. The molecule has 4 heteroatoms. The van der Waals surface area contributed by atoms with Gasteiger partial charge in [0.1, 0.15) is 0 Å². The number of hydrogen-bond acceptors (Lipinski definition) is 3. The standard InChI is InChI=1S/C25H53BN2O/c1-12-21(26)14-16-24(8,9)28(23(6,7)15-13-20(2)3)17-18-29-25(10,11)19-22(4,5)27/h20-21H,12-19,27H2,1-11H3. The highest BCUT2D eigenvalue weighted by molar-refractivity contribution is 6.11. The lowest BCUT2D eigenvalue weighted by Crippen LogP contribution is -2.57. The van der Waals surface area contributed by atoms with Crippen LogP contribution in [0.3, 0.4) is 0 Å². The number of nitrogens with two attached hydrogens (primary N) is 1. The Morgan fingerprint density at radius 3 is 1.79 bits per heavy atom. The maximum Gasteiger partial charge on any atom is 0.0699 e. The summed E-state index contributed by atoms with van der Waals surface area (Å²) in [4.78, 5) is 2.68. The second-order valence-corrected chi connectivity index (χ2v) is 12.2. The Morgan fingerprint density at radius 2 is 1.38 bits per heavy atom. The number of nitrogens with zero attached hydrogens (tertiary/aromatic N) is 1. The minimum absolute atomic E-state index is 0.0773. The second kappa shape index (κ2) is 11.5. The molecule has 0 aromatic rings. The van der Waals surface area contributed by atoms with E-state index in [9.17, 15) is 0 Å². The van der Waals surface area contributed by atoms with Crippen LogP contribution in [0.5, 0.6) is 0 Å². The normalized spacial score (nSPS) is 15.4. The van der Waals surface area contributed by atoms with E-state index in [1.165, 1.54) is 12.8 Å². The van der Waals surface area contributed by atoms with Crippen molar-refractivity contribution >= 4 is 7.85 Å². The summed E-state index contributed by atoms with van der Waals surface area (Å²) in [5, 5.41) is 0. The van der Waals surface area contributed by atoms with Crippen molar-refractivity contribution in [3.63, 3.8) is 0 Å². The van der Waals surface area contributed by atoms with Gasteiger partial charge in [0.15, 0.2) is 0 Å². The van der Waals surface area contributed by atoms with Gasteiger partial charge in [0.25, 0.3) is 0 Å². The fourth-order valence-corrected chi connectivity index (χ4v) is 4.64. The van der Waals surface area contributed by atoms with Crippen LogP contribution in [0.4, 0.5) is 0 Å². The van der Waals surface area contributed by atoms with Gasteiger partial charge in [0.05, 0.1) is 20.1 Å². The first kappa shape index (κ1) is 28.9. The minimum Gasteiger partial charge on any atom is -0.374 e. The van der Waals surface area contributed by atoms with Crippen molar-refractivity contribution in [2.75, 3.05) is 13.2 Å². The number of rotatable bonds is 15. The highest BCUT2D eigenvalue weighted by atomic mass is 16.5. The van der Waals surface area contributed by atoms with Gasteiger partial charge >= 0.3 is 0 Å². The average Bonchev–Trinajstić information content (AvgIpc) is 2.52. The maximum absolute atomic E-state index is 6.35. The summed E-state index contributed by atoms with van der Waals surface area (Å²) in [7, 11) is 6.25. The predicted molar refractivity (Wildman–Crippen MR) is 131 cm³/mol. The molecule has 0 amide bonds. The maximum atomic E-state index is 6.35. The summed E-state index contributed by atoms with van der Waals surface area (Å²) in [5.74, 6) is 1.01. The van der Waals surface area contributed by atoms with E-state index in [0.29, 0.717) is 0 Å². The van der Waals surface area contributed by atoms with Gasteiger partial charge in [0, 0.05) is 23.2 Å². The van der Waals surface area contributed by atoms with E-state index in [2.05, 4.69) is 81.1 Å². The zero-order chi connectivity index (χ0) is 23.1. The molecular formula is C25H53BN2O. The monoisotopic (exact) mass is 408 g/mol. The van der Waals surface area contributed by atoms with Gasteiger partial charge in [0.2, 0.25) is 0 Å². The van der Waals surface area contributed by atoms with Crippen LogP contribution in [0.1, 0.15) is 115 Å². The summed E-state index contributed by atoms with van der Waals surface area (Å²) in [5.41, 5.74) is 5.98. The quantitative estimate of drug-likeness (QED) is 0.321. The Bertz CT molecular complexity index is 452. The van der Waals surface area contributed by atoms with Crippen LogP contribution in [-0.4, -0.2) is 48.1 Å². The van der Waals surface area contributed by atoms with Crippen LogP contribution in [0.25, 0.3) is 0 Å². The van der Waals surface area contributed by atoms with Crippen molar-refractivity contribution in [3.05, 3.63) is 0 Å². The summed E-state index contributed by atoms with van der Waals surface area (Å²) < 4.78 is 6.35. The van der Waals surface area contributed by atoms with Gasteiger partial charge in [-0.2, -0.15) is 0 Å². The van der Waals surface area contributed by atoms with Crippen molar-refractivity contribution in [1.29, 1.82) is 0 Å². The van der Waals surface area contributed by atoms with E-state index in [-0.39, 0.29) is 28.0 Å². The van der Waals surface area contributed by atoms with Gasteiger partial charge in [-0.25, -0.2) is 0 Å². The molecule has 0 rings (SSSR count). The van der Waals surface area contributed by atoms with Crippen LogP contribution in [0.15, 0.2) is 0 Å². The topological polar surface area (TPSA) is 38.5 Å². The predicted octanol–water partition coefficient (Wildman–Crippen LogP) is 6.35. The smallest absolute Gasteiger partial charge is 0.0699 e. The van der Waals surface area contributed by atoms with E-state index in [1.807, 2.05) is 0 Å². The fourth-order valence-electron chi connectivity index (χ4n) is 4.64. The zero-order valence-corrected chi connectivity index (χ0v) is 21.8. The molecular weight excluding hydrogens is 355 g/mol. The van der Waals surface area contributed by atoms with Gasteiger partial charge in [-0.05, 0) is 87.0 Å². The third kappa shape index (κ3) is 12.4. The minimum atomic E-state index is -0.227. The molecule has 1 atom stereocenters. The molecule has 0 saturated carbocycles. The van der Waals surface area contributed by atoms with Gasteiger partial charge in [-0.15, -0.1) is 0 Å². The number of hydrogen-bond donors (Lipinski definition) is 1. The van der Waals surface area contributed by atoms with Gasteiger partial charge < -0.3 is 10.5 Å². The fraction of sp³-hybridized carbons (Fsp3) is 1.00. The molecule has 172 valence electrons. The lowest BCUT2D eigenvalue weighted by atomic mass is 9.77. The molecule has 0 spiro atoms. The van der Waals surface area contributed by atoms with Gasteiger partial charge in [-0.1, -0.05) is 39.4 Å². The van der Waals surface area contributed by atoms with E-state index in [4.69, 9.17) is 18.3 Å². The van der Waals surface area contributed by atoms with E-state index in [0.717, 1.165) is 44.8 Å².